The zero-order valence-electron chi connectivity index (χ0n) is 22.0. The lowest BCUT2D eigenvalue weighted by atomic mass is 9.58. The van der Waals surface area contributed by atoms with Crippen molar-refractivity contribution in [1.82, 2.24) is 0 Å². The van der Waals surface area contributed by atoms with Crippen molar-refractivity contribution in [3.63, 3.8) is 0 Å². The number of piperidine rings is 1. The van der Waals surface area contributed by atoms with E-state index in [1.54, 1.807) is 6.08 Å². The number of allylic oxidation sites excluding steroid dienone is 1. The molecule has 2 aliphatic carbocycles. The fraction of sp³-hybridized carbons (Fsp3) is 0.857. The van der Waals surface area contributed by atoms with E-state index in [1.807, 2.05) is 6.92 Å². The number of rotatable bonds is 5. The second kappa shape index (κ2) is 10.4. The van der Waals surface area contributed by atoms with Gasteiger partial charge in [0.15, 0.2) is 0 Å². The molecule has 36 heavy (non-hydrogen) atoms. The van der Waals surface area contributed by atoms with E-state index in [4.69, 9.17) is 19.9 Å². The number of quaternary nitrogens is 1. The smallest absolute Gasteiger partial charge is 0.334 e. The normalized spacial score (nSPS) is 45.1. The van der Waals surface area contributed by atoms with Crippen molar-refractivity contribution in [2.75, 3.05) is 13.2 Å². The molecule has 0 bridgehead atoms. The summed E-state index contributed by atoms with van der Waals surface area (Å²) in [5, 5.41) is 11.7. The summed E-state index contributed by atoms with van der Waals surface area (Å²) < 4.78 is 19.4. The second-order valence-electron chi connectivity index (χ2n) is 12.2. The zero-order chi connectivity index (χ0) is 25.5. The van der Waals surface area contributed by atoms with Crippen LogP contribution >= 0.6 is 0 Å². The minimum Gasteiger partial charge on any atom is -0.462 e. The van der Waals surface area contributed by atoms with E-state index in [2.05, 4.69) is 12.2 Å². The number of hydrogen-bond donors (Lipinski definition) is 3. The van der Waals surface area contributed by atoms with Crippen molar-refractivity contribution in [2.45, 2.75) is 114 Å². The molecule has 1 spiro atoms. The molecule has 5 rings (SSSR count). The van der Waals surface area contributed by atoms with Crippen molar-refractivity contribution < 1.29 is 34.2 Å². The topological polar surface area (TPSA) is 125 Å². The first-order valence-corrected chi connectivity index (χ1v) is 14.2. The summed E-state index contributed by atoms with van der Waals surface area (Å²) in [7, 11) is 0. The van der Waals surface area contributed by atoms with Crippen LogP contribution in [0.2, 0.25) is 0 Å². The number of nitrogens with two attached hydrogens (primary N) is 2. The Kier molecular flexibility index (Phi) is 7.52. The van der Waals surface area contributed by atoms with Gasteiger partial charge in [0, 0.05) is 37.9 Å². The third-order valence-corrected chi connectivity index (χ3v) is 10.2. The van der Waals surface area contributed by atoms with Crippen LogP contribution in [0.1, 0.15) is 84.5 Å². The number of aliphatic hydroxyl groups is 1. The van der Waals surface area contributed by atoms with Crippen molar-refractivity contribution in [2.24, 2.45) is 29.4 Å². The van der Waals surface area contributed by atoms with Crippen LogP contribution in [-0.4, -0.2) is 59.8 Å². The first-order chi connectivity index (χ1) is 17.3. The predicted molar refractivity (Wildman–Crippen MR) is 132 cm³/mol. The third kappa shape index (κ3) is 4.63. The van der Waals surface area contributed by atoms with Crippen molar-refractivity contribution in [3.8, 4) is 0 Å². The number of ether oxygens (including phenoxy) is 3. The van der Waals surface area contributed by atoms with Gasteiger partial charge in [-0.1, -0.05) is 6.08 Å². The summed E-state index contributed by atoms with van der Waals surface area (Å²) in [6, 6.07) is 0. The van der Waals surface area contributed by atoms with Crippen LogP contribution in [0.5, 0.6) is 0 Å². The molecule has 9 unspecified atom stereocenters. The zero-order valence-corrected chi connectivity index (χ0v) is 22.0. The molecule has 3 heterocycles. The molecule has 5 aliphatic rings. The number of aliphatic hydroxyl groups excluding tert-OH is 1. The van der Waals surface area contributed by atoms with Gasteiger partial charge in [-0.15, -0.1) is 0 Å². The summed E-state index contributed by atoms with van der Waals surface area (Å²) in [5.41, 5.74) is 5.58. The minimum atomic E-state index is -0.763. The standard InChI is InChI=1S/C28H44N2O6/c1-3-17(9-12-31)26(33)36-27(2)10-4-5-21(18-8-11-30-24(29)14-18)28(27)16-20-13-19-6-7-25(32)34-22(19)15-23(20)35-28/h3,18-24,30-31H,4-16,29H2,1-2H3/p+1. The molecule has 0 aromatic rings. The number of esters is 2. The second-order valence-corrected chi connectivity index (χ2v) is 12.2. The molecule has 0 amide bonds. The summed E-state index contributed by atoms with van der Waals surface area (Å²) in [6.45, 7) is 4.83. The molecule has 8 heteroatoms. The summed E-state index contributed by atoms with van der Waals surface area (Å²) in [5.74, 6) is 1.04. The Labute approximate surface area is 214 Å². The van der Waals surface area contributed by atoms with Gasteiger partial charge in [-0.2, -0.15) is 0 Å². The maximum atomic E-state index is 13.3. The van der Waals surface area contributed by atoms with Crippen LogP contribution in [0.3, 0.4) is 0 Å². The molecular formula is C28H45N2O6+. The van der Waals surface area contributed by atoms with E-state index in [9.17, 15) is 14.7 Å². The Morgan fingerprint density at radius 1 is 1.19 bits per heavy atom. The Morgan fingerprint density at radius 3 is 2.78 bits per heavy atom. The molecule has 5 N–H and O–H groups in total. The van der Waals surface area contributed by atoms with E-state index in [0.717, 1.165) is 64.3 Å². The lowest BCUT2D eigenvalue weighted by Crippen LogP contribution is -2.95. The molecule has 3 aliphatic heterocycles. The molecule has 3 saturated heterocycles. The lowest BCUT2D eigenvalue weighted by Gasteiger charge is -2.55. The van der Waals surface area contributed by atoms with E-state index in [1.165, 1.54) is 0 Å². The Hall–Kier alpha value is -1.48. The number of carbonyl (C=O) groups excluding carboxylic acids is 2. The highest BCUT2D eigenvalue weighted by Crippen LogP contribution is 2.60. The molecule has 9 atom stereocenters. The van der Waals surface area contributed by atoms with Crippen molar-refractivity contribution in [1.29, 1.82) is 0 Å². The van der Waals surface area contributed by atoms with Crippen molar-refractivity contribution in [3.05, 3.63) is 11.6 Å². The first kappa shape index (κ1) is 26.1. The van der Waals surface area contributed by atoms with Crippen LogP contribution in [0.15, 0.2) is 11.6 Å². The van der Waals surface area contributed by atoms with Gasteiger partial charge in [0.05, 0.1) is 12.6 Å². The van der Waals surface area contributed by atoms with Crippen LogP contribution in [0, 0.1) is 23.7 Å². The molecule has 8 nitrogen and oxygen atoms in total. The van der Waals surface area contributed by atoms with Gasteiger partial charge in [-0.3, -0.25) is 10.5 Å². The summed E-state index contributed by atoms with van der Waals surface area (Å²) >= 11 is 0. The van der Waals surface area contributed by atoms with E-state index < -0.39 is 11.2 Å². The molecule has 5 fully saturated rings. The first-order valence-electron chi connectivity index (χ1n) is 14.2. The molecule has 0 aromatic carbocycles. The maximum absolute atomic E-state index is 13.3. The van der Waals surface area contributed by atoms with E-state index in [-0.39, 0.29) is 49.3 Å². The fourth-order valence-electron chi connectivity index (χ4n) is 8.39. The molecule has 202 valence electrons. The SMILES string of the molecule is CC=C(CCO)C(=O)OC1(C)CCCC(C2CC[NH2+]C(N)C2)C12CC1CC3CCC(=O)OC3CC1O2. The van der Waals surface area contributed by atoms with E-state index >= 15 is 0 Å². The van der Waals surface area contributed by atoms with Gasteiger partial charge in [0.25, 0.3) is 0 Å². The van der Waals surface area contributed by atoms with Gasteiger partial charge in [0.2, 0.25) is 0 Å². The lowest BCUT2D eigenvalue weighted by molar-refractivity contribution is -0.700. The highest BCUT2D eigenvalue weighted by Gasteiger charge is 2.66. The quantitative estimate of drug-likeness (QED) is 0.385. The van der Waals surface area contributed by atoms with Gasteiger partial charge in [0.1, 0.15) is 23.5 Å². The predicted octanol–water partition coefficient (Wildman–Crippen LogP) is 1.93. The van der Waals surface area contributed by atoms with Crippen molar-refractivity contribution >= 4 is 11.9 Å². The van der Waals surface area contributed by atoms with Gasteiger partial charge < -0.3 is 24.6 Å². The fourth-order valence-corrected chi connectivity index (χ4v) is 8.39. The Bertz CT molecular complexity index is 878. The van der Waals surface area contributed by atoms with Gasteiger partial charge in [-0.05, 0) is 82.5 Å². The maximum Gasteiger partial charge on any atom is 0.334 e. The Balaban J connectivity index is 1.47. The Morgan fingerprint density at radius 2 is 2.03 bits per heavy atom. The number of hydrogen-bond acceptors (Lipinski definition) is 7. The third-order valence-electron chi connectivity index (χ3n) is 10.2. The average molecular weight is 506 g/mol. The largest absolute Gasteiger partial charge is 0.462 e. The molecule has 0 aromatic heterocycles. The van der Waals surface area contributed by atoms with Crippen LogP contribution in [0.4, 0.5) is 0 Å². The number of carbonyl (C=O) groups is 2. The van der Waals surface area contributed by atoms with Crippen LogP contribution in [0.25, 0.3) is 0 Å². The highest BCUT2D eigenvalue weighted by atomic mass is 16.6. The molecule has 2 saturated carbocycles. The average Bonchev–Trinajstić information content (AvgIpc) is 3.22. The van der Waals surface area contributed by atoms with Gasteiger partial charge in [-0.25, -0.2) is 4.79 Å². The summed E-state index contributed by atoms with van der Waals surface area (Å²) in [4.78, 5) is 25.3. The number of fused-ring (bicyclic) bond motifs is 2. The monoisotopic (exact) mass is 505 g/mol. The van der Waals surface area contributed by atoms with Crippen LogP contribution < -0.4 is 11.1 Å². The molecular weight excluding hydrogens is 460 g/mol. The minimum absolute atomic E-state index is 0.0123. The molecule has 0 radical (unpaired) electrons. The van der Waals surface area contributed by atoms with Gasteiger partial charge >= 0.3 is 11.9 Å². The van der Waals surface area contributed by atoms with E-state index in [0.29, 0.717) is 29.7 Å². The highest BCUT2D eigenvalue weighted by molar-refractivity contribution is 5.88. The summed E-state index contributed by atoms with van der Waals surface area (Å²) in [6.07, 6.45) is 11.0. The van der Waals surface area contributed by atoms with Crippen LogP contribution in [-0.2, 0) is 23.8 Å².